The third-order valence-electron chi connectivity index (χ3n) is 3.97. The molecule has 3 aromatic carbocycles. The molecule has 0 aliphatic heterocycles. The van der Waals surface area contributed by atoms with Crippen LogP contribution in [0.5, 0.6) is 5.75 Å². The molecule has 0 amide bonds. The zero-order valence-electron chi connectivity index (χ0n) is 13.8. The first-order valence-corrected chi connectivity index (χ1v) is 8.75. The number of ether oxygens (including phenoxy) is 1. The van der Waals surface area contributed by atoms with Gasteiger partial charge in [-0.05, 0) is 51.3 Å². The summed E-state index contributed by atoms with van der Waals surface area (Å²) < 4.78 is 34.6. The summed E-state index contributed by atoms with van der Waals surface area (Å²) in [6.45, 7) is 0.393. The van der Waals surface area contributed by atoms with Crippen LogP contribution in [0.2, 0.25) is 0 Å². The van der Waals surface area contributed by atoms with Crippen molar-refractivity contribution in [1.82, 2.24) is 5.43 Å². The van der Waals surface area contributed by atoms with Crippen LogP contribution in [0, 0.1) is 11.6 Å². The first-order valence-electron chi connectivity index (χ1n) is 7.96. The number of nitrogens with one attached hydrogen (secondary N) is 1. The highest BCUT2D eigenvalue weighted by Crippen LogP contribution is 2.31. The number of hydrogen-bond donors (Lipinski definition) is 2. The zero-order chi connectivity index (χ0) is 18.5. The fourth-order valence-electron chi connectivity index (χ4n) is 2.68. The van der Waals surface area contributed by atoms with Crippen LogP contribution < -0.4 is 16.0 Å². The minimum atomic E-state index is -0.854. The molecule has 0 fully saturated rings. The number of nitrogens with two attached hydrogens (primary N) is 1. The first kappa shape index (κ1) is 18.5. The topological polar surface area (TPSA) is 47.3 Å². The Morgan fingerprint density at radius 2 is 1.77 bits per heavy atom. The minimum absolute atomic E-state index is 0.151. The molecule has 0 aliphatic carbocycles. The van der Waals surface area contributed by atoms with Crippen LogP contribution >= 0.6 is 15.9 Å². The van der Waals surface area contributed by atoms with Crippen LogP contribution in [0.25, 0.3) is 0 Å². The fraction of sp³-hybridized carbons (Fsp3) is 0.100. The largest absolute Gasteiger partial charge is 0.489 e. The second kappa shape index (κ2) is 8.40. The lowest BCUT2D eigenvalue weighted by Crippen LogP contribution is -2.30. The molecule has 0 radical (unpaired) electrons. The molecule has 3 N–H and O–H groups in total. The van der Waals surface area contributed by atoms with E-state index in [-0.39, 0.29) is 10.0 Å². The Morgan fingerprint density at radius 3 is 2.50 bits per heavy atom. The van der Waals surface area contributed by atoms with Crippen molar-refractivity contribution in [1.29, 1.82) is 0 Å². The smallest absolute Gasteiger partial charge is 0.145 e. The Bertz CT molecular complexity index is 890. The average molecular weight is 419 g/mol. The van der Waals surface area contributed by atoms with E-state index in [9.17, 15) is 8.78 Å². The van der Waals surface area contributed by atoms with E-state index in [1.54, 1.807) is 24.3 Å². The monoisotopic (exact) mass is 418 g/mol. The van der Waals surface area contributed by atoms with Crippen molar-refractivity contribution in [2.45, 2.75) is 12.6 Å². The van der Waals surface area contributed by atoms with E-state index in [1.807, 2.05) is 30.3 Å². The van der Waals surface area contributed by atoms with Gasteiger partial charge >= 0.3 is 0 Å². The summed E-state index contributed by atoms with van der Waals surface area (Å²) >= 11 is 3.08. The Balaban J connectivity index is 1.87. The van der Waals surface area contributed by atoms with Gasteiger partial charge < -0.3 is 4.74 Å². The SMILES string of the molecule is NNC(c1cccc(OCc2ccccc2)c1)c1c(F)ccc(Br)c1F. The minimum Gasteiger partial charge on any atom is -0.489 e. The maximum atomic E-state index is 14.4. The van der Waals surface area contributed by atoms with E-state index in [1.165, 1.54) is 12.1 Å². The molecule has 3 rings (SSSR count). The standard InChI is InChI=1S/C20H17BrF2N2O/c21-16-9-10-17(22)18(19(16)23)20(25-24)14-7-4-8-15(11-14)26-12-13-5-2-1-3-6-13/h1-11,20,25H,12,24H2. The molecule has 1 atom stereocenters. The van der Waals surface area contributed by atoms with Gasteiger partial charge in [-0.1, -0.05) is 42.5 Å². The summed E-state index contributed by atoms with van der Waals surface area (Å²) in [5.74, 6) is 4.82. The lowest BCUT2D eigenvalue weighted by atomic mass is 9.98. The summed E-state index contributed by atoms with van der Waals surface area (Å²) in [5.41, 5.74) is 3.95. The Morgan fingerprint density at radius 1 is 1.00 bits per heavy atom. The van der Waals surface area contributed by atoms with Gasteiger partial charge in [0, 0.05) is 5.56 Å². The van der Waals surface area contributed by atoms with Crippen LogP contribution in [0.15, 0.2) is 71.2 Å². The predicted molar refractivity (Wildman–Crippen MR) is 100 cm³/mol. The normalized spacial score (nSPS) is 12.0. The lowest BCUT2D eigenvalue weighted by Gasteiger charge is -2.19. The van der Waals surface area contributed by atoms with Gasteiger partial charge in [-0.2, -0.15) is 0 Å². The molecule has 134 valence electrons. The molecule has 0 saturated heterocycles. The van der Waals surface area contributed by atoms with Crippen molar-refractivity contribution >= 4 is 15.9 Å². The van der Waals surface area contributed by atoms with Gasteiger partial charge in [0.05, 0.1) is 10.5 Å². The van der Waals surface area contributed by atoms with Crippen molar-refractivity contribution in [3.8, 4) is 5.75 Å². The maximum Gasteiger partial charge on any atom is 0.145 e. The maximum absolute atomic E-state index is 14.4. The van der Waals surface area contributed by atoms with Crippen molar-refractivity contribution in [2.24, 2.45) is 5.84 Å². The van der Waals surface area contributed by atoms with Gasteiger partial charge in [-0.25, -0.2) is 14.2 Å². The molecule has 26 heavy (non-hydrogen) atoms. The van der Waals surface area contributed by atoms with Gasteiger partial charge in [0.25, 0.3) is 0 Å². The second-order valence-electron chi connectivity index (χ2n) is 5.70. The molecule has 0 bridgehead atoms. The summed E-state index contributed by atoms with van der Waals surface area (Å²) in [6.07, 6.45) is 0. The van der Waals surface area contributed by atoms with Crippen LogP contribution in [0.1, 0.15) is 22.7 Å². The average Bonchev–Trinajstić information content (AvgIpc) is 2.67. The second-order valence-corrected chi connectivity index (χ2v) is 6.56. The number of benzene rings is 3. The highest BCUT2D eigenvalue weighted by atomic mass is 79.9. The number of hydrogen-bond acceptors (Lipinski definition) is 3. The summed E-state index contributed by atoms with van der Waals surface area (Å²) in [5, 5.41) is 0. The Hall–Kier alpha value is -2.28. The van der Waals surface area contributed by atoms with Crippen molar-refractivity contribution < 1.29 is 13.5 Å². The van der Waals surface area contributed by atoms with Crippen molar-refractivity contribution in [3.05, 3.63) is 99.5 Å². The lowest BCUT2D eigenvalue weighted by molar-refractivity contribution is 0.305. The van der Waals surface area contributed by atoms with E-state index in [0.717, 1.165) is 5.56 Å². The molecule has 0 heterocycles. The van der Waals surface area contributed by atoms with E-state index >= 15 is 0 Å². The summed E-state index contributed by atoms with van der Waals surface area (Å²) in [4.78, 5) is 0. The molecule has 3 aromatic rings. The molecule has 0 spiro atoms. The first-order chi connectivity index (χ1) is 12.6. The molecular formula is C20H17BrF2N2O. The Labute approximate surface area is 158 Å². The van der Waals surface area contributed by atoms with Crippen molar-refractivity contribution in [2.75, 3.05) is 0 Å². The highest BCUT2D eigenvalue weighted by molar-refractivity contribution is 9.10. The van der Waals surface area contributed by atoms with Gasteiger partial charge in [0.2, 0.25) is 0 Å². The molecule has 0 aromatic heterocycles. The predicted octanol–water partition coefficient (Wildman–Crippen LogP) is 4.86. The molecule has 6 heteroatoms. The van der Waals surface area contributed by atoms with Gasteiger partial charge in [0.1, 0.15) is 24.0 Å². The highest BCUT2D eigenvalue weighted by Gasteiger charge is 2.23. The van der Waals surface area contributed by atoms with E-state index in [0.29, 0.717) is 17.9 Å². The molecule has 0 aliphatic rings. The number of halogens is 3. The van der Waals surface area contributed by atoms with Crippen LogP contribution in [-0.2, 0) is 6.61 Å². The molecule has 0 saturated carbocycles. The number of hydrazine groups is 1. The quantitative estimate of drug-likeness (QED) is 0.341. The molecular weight excluding hydrogens is 402 g/mol. The van der Waals surface area contributed by atoms with Crippen LogP contribution in [0.4, 0.5) is 8.78 Å². The van der Waals surface area contributed by atoms with E-state index in [4.69, 9.17) is 10.6 Å². The van der Waals surface area contributed by atoms with Crippen molar-refractivity contribution in [3.63, 3.8) is 0 Å². The van der Waals surface area contributed by atoms with Gasteiger partial charge in [0.15, 0.2) is 0 Å². The number of rotatable bonds is 6. The van der Waals surface area contributed by atoms with Gasteiger partial charge in [-0.15, -0.1) is 0 Å². The Kier molecular flexibility index (Phi) is 5.98. The van der Waals surface area contributed by atoms with E-state index in [2.05, 4.69) is 21.4 Å². The van der Waals surface area contributed by atoms with Crippen LogP contribution in [0.3, 0.4) is 0 Å². The zero-order valence-corrected chi connectivity index (χ0v) is 15.3. The van der Waals surface area contributed by atoms with Crippen LogP contribution in [-0.4, -0.2) is 0 Å². The summed E-state index contributed by atoms with van der Waals surface area (Å²) in [6, 6.07) is 18.4. The molecule has 1 unspecified atom stereocenters. The third kappa shape index (κ3) is 4.09. The summed E-state index contributed by atoms with van der Waals surface area (Å²) in [7, 11) is 0. The molecule has 3 nitrogen and oxygen atoms in total. The van der Waals surface area contributed by atoms with Gasteiger partial charge in [-0.3, -0.25) is 5.84 Å². The third-order valence-corrected chi connectivity index (χ3v) is 4.59. The fourth-order valence-corrected chi connectivity index (χ4v) is 3.02. The van der Waals surface area contributed by atoms with E-state index < -0.39 is 17.7 Å².